The van der Waals surface area contributed by atoms with Crippen LogP contribution in [0.1, 0.15) is 6.23 Å². The van der Waals surface area contributed by atoms with Crippen LogP contribution >= 0.6 is 0 Å². The van der Waals surface area contributed by atoms with Crippen LogP contribution in [-0.2, 0) is 19.0 Å². The molecule has 0 aliphatic carbocycles. The van der Waals surface area contributed by atoms with Crippen molar-refractivity contribution in [2.24, 2.45) is 0 Å². The molecule has 12 nitrogen and oxygen atoms in total. The first-order valence-electron chi connectivity index (χ1n) is 6.75. The fourth-order valence-corrected chi connectivity index (χ4v) is 2.80. The van der Waals surface area contributed by atoms with Crippen LogP contribution < -0.4 is 11.3 Å². The molecule has 1 fully saturated rings. The molecule has 0 aromatic carbocycles. The second-order valence-corrected chi connectivity index (χ2v) is 6.95. The van der Waals surface area contributed by atoms with Crippen molar-refractivity contribution in [2.45, 2.75) is 24.5 Å². The molecule has 2 aromatic heterocycles. The van der Waals surface area contributed by atoms with Crippen molar-refractivity contribution in [3.05, 3.63) is 16.7 Å². The zero-order valence-corrected chi connectivity index (χ0v) is 13.2. The van der Waals surface area contributed by atoms with E-state index in [4.69, 9.17) is 10.5 Å². The molecular formula is C11H15N5O7S. The normalized spacial score (nSPS) is 27.8. The fraction of sp³-hybridized carbons (Fsp3) is 0.545. The Bertz CT molecular complexity index is 922. The van der Waals surface area contributed by atoms with E-state index in [1.54, 1.807) is 0 Å². The Morgan fingerprint density at radius 2 is 2.17 bits per heavy atom. The van der Waals surface area contributed by atoms with Crippen molar-refractivity contribution in [1.82, 2.24) is 19.5 Å². The summed E-state index contributed by atoms with van der Waals surface area (Å²) in [6, 6.07) is 0. The van der Waals surface area contributed by atoms with Crippen molar-refractivity contribution in [3.8, 4) is 0 Å². The maximum Gasteiger partial charge on any atom is 0.280 e. The van der Waals surface area contributed by atoms with Gasteiger partial charge in [-0.1, -0.05) is 0 Å². The molecule has 3 rings (SSSR count). The van der Waals surface area contributed by atoms with Gasteiger partial charge in [-0.05, 0) is 0 Å². The Hall–Kier alpha value is -2.06. The summed E-state index contributed by atoms with van der Waals surface area (Å²) in [6.45, 7) is -0.476. The minimum absolute atomic E-state index is 0.0228. The predicted octanol–water partition coefficient (Wildman–Crippen LogP) is -2.70. The number of ether oxygens (including phenoxy) is 1. The molecule has 1 aliphatic rings. The van der Waals surface area contributed by atoms with E-state index < -0.39 is 46.8 Å². The van der Waals surface area contributed by atoms with Crippen LogP contribution in [0.4, 0.5) is 5.95 Å². The Morgan fingerprint density at radius 3 is 2.83 bits per heavy atom. The minimum atomic E-state index is -3.74. The standard InChI is InChI=1S/C11H15N5O7S/c1-24(20,21)22-2-4-6(17)7(18)10(23-4)16-3-13-5-8(16)14-11(12)15-9(5)19/h3-4,6-7,10,17-18H,2H2,1H3,(H3,12,14,15,19)/t4-,6-,7-,10-/m1/s1. The second kappa shape index (κ2) is 5.78. The highest BCUT2D eigenvalue weighted by Gasteiger charge is 2.44. The van der Waals surface area contributed by atoms with Crippen molar-refractivity contribution in [3.63, 3.8) is 0 Å². The van der Waals surface area contributed by atoms with Gasteiger partial charge in [0.05, 0.1) is 19.2 Å². The van der Waals surface area contributed by atoms with Crippen LogP contribution in [0, 0.1) is 0 Å². The van der Waals surface area contributed by atoms with Crippen molar-refractivity contribution < 1.29 is 27.6 Å². The van der Waals surface area contributed by atoms with E-state index in [0.717, 1.165) is 6.26 Å². The number of fused-ring (bicyclic) bond motifs is 1. The first kappa shape index (κ1) is 16.8. The second-order valence-electron chi connectivity index (χ2n) is 5.31. The molecule has 1 aliphatic heterocycles. The molecule has 0 saturated carbocycles. The number of rotatable bonds is 4. The third-order valence-corrected chi connectivity index (χ3v) is 4.07. The van der Waals surface area contributed by atoms with E-state index in [1.807, 2.05) is 0 Å². The molecule has 24 heavy (non-hydrogen) atoms. The maximum atomic E-state index is 11.8. The lowest BCUT2D eigenvalue weighted by Crippen LogP contribution is -2.34. The van der Waals surface area contributed by atoms with E-state index in [1.165, 1.54) is 10.9 Å². The van der Waals surface area contributed by atoms with E-state index in [0.29, 0.717) is 0 Å². The van der Waals surface area contributed by atoms with E-state index in [9.17, 15) is 23.4 Å². The minimum Gasteiger partial charge on any atom is -0.387 e. The van der Waals surface area contributed by atoms with Crippen LogP contribution in [0.5, 0.6) is 0 Å². The molecule has 13 heteroatoms. The summed E-state index contributed by atoms with van der Waals surface area (Å²) in [4.78, 5) is 21.8. The van der Waals surface area contributed by atoms with Gasteiger partial charge in [0.15, 0.2) is 17.4 Å². The lowest BCUT2D eigenvalue weighted by molar-refractivity contribution is -0.0466. The van der Waals surface area contributed by atoms with Crippen LogP contribution in [0.2, 0.25) is 0 Å². The zero-order chi connectivity index (χ0) is 17.6. The van der Waals surface area contributed by atoms with Crippen molar-refractivity contribution in [1.29, 1.82) is 0 Å². The van der Waals surface area contributed by atoms with Gasteiger partial charge >= 0.3 is 0 Å². The van der Waals surface area contributed by atoms with Gasteiger partial charge in [0.25, 0.3) is 15.7 Å². The molecule has 0 radical (unpaired) electrons. The quantitative estimate of drug-likeness (QED) is 0.418. The summed E-state index contributed by atoms with van der Waals surface area (Å²) in [6.07, 6.45) is -3.02. The predicted molar refractivity (Wildman–Crippen MR) is 79.3 cm³/mol. The van der Waals surface area contributed by atoms with Gasteiger partial charge in [0.1, 0.15) is 18.3 Å². The number of nitrogens with two attached hydrogens (primary N) is 1. The van der Waals surface area contributed by atoms with Crippen LogP contribution in [0.25, 0.3) is 11.2 Å². The van der Waals surface area contributed by atoms with Gasteiger partial charge in [-0.15, -0.1) is 0 Å². The van der Waals surface area contributed by atoms with Crippen LogP contribution in [0.15, 0.2) is 11.1 Å². The summed E-state index contributed by atoms with van der Waals surface area (Å²) < 4.78 is 33.3. The van der Waals surface area contributed by atoms with E-state index in [-0.39, 0.29) is 17.1 Å². The van der Waals surface area contributed by atoms with Gasteiger partial charge in [-0.25, -0.2) is 4.98 Å². The maximum absolute atomic E-state index is 11.8. The Balaban J connectivity index is 1.91. The van der Waals surface area contributed by atoms with Crippen LogP contribution in [-0.4, -0.2) is 69.3 Å². The number of hydrogen-bond acceptors (Lipinski definition) is 10. The summed E-state index contributed by atoms with van der Waals surface area (Å²) in [5.74, 6) is -0.153. The number of aromatic nitrogens is 4. The molecule has 3 heterocycles. The Labute approximate surface area is 135 Å². The number of aromatic amines is 1. The van der Waals surface area contributed by atoms with Gasteiger partial charge in [0.2, 0.25) is 5.95 Å². The average Bonchev–Trinajstić information content (AvgIpc) is 3.00. The zero-order valence-electron chi connectivity index (χ0n) is 12.4. The molecule has 2 aromatic rings. The summed E-state index contributed by atoms with van der Waals surface area (Å²) in [5.41, 5.74) is 4.95. The number of nitrogens with one attached hydrogen (secondary N) is 1. The monoisotopic (exact) mass is 361 g/mol. The highest BCUT2D eigenvalue weighted by Crippen LogP contribution is 2.31. The van der Waals surface area contributed by atoms with Crippen LogP contribution in [0.3, 0.4) is 0 Å². The number of nitrogen functional groups attached to an aromatic ring is 1. The molecular weight excluding hydrogens is 346 g/mol. The topological polar surface area (TPSA) is 183 Å². The summed E-state index contributed by atoms with van der Waals surface area (Å²) in [7, 11) is -3.74. The Kier molecular flexibility index (Phi) is 4.05. The fourth-order valence-electron chi connectivity index (χ4n) is 2.42. The number of aliphatic hydroxyl groups excluding tert-OH is 2. The van der Waals surface area contributed by atoms with Gasteiger partial charge in [-0.2, -0.15) is 13.4 Å². The smallest absolute Gasteiger partial charge is 0.280 e. The first-order chi connectivity index (χ1) is 11.2. The molecule has 5 N–H and O–H groups in total. The van der Waals surface area contributed by atoms with Gasteiger partial charge in [-0.3, -0.25) is 18.5 Å². The first-order valence-corrected chi connectivity index (χ1v) is 8.57. The number of nitrogens with zero attached hydrogens (tertiary/aromatic N) is 3. The van der Waals surface area contributed by atoms with Crippen molar-refractivity contribution >= 4 is 27.2 Å². The summed E-state index contributed by atoms with van der Waals surface area (Å²) >= 11 is 0. The number of hydrogen-bond donors (Lipinski definition) is 4. The third kappa shape index (κ3) is 2.99. The number of H-pyrrole nitrogens is 1. The molecule has 0 spiro atoms. The molecule has 0 bridgehead atoms. The summed E-state index contributed by atoms with van der Waals surface area (Å²) in [5, 5.41) is 20.2. The lowest BCUT2D eigenvalue weighted by Gasteiger charge is -2.16. The highest BCUT2D eigenvalue weighted by molar-refractivity contribution is 7.85. The molecule has 132 valence electrons. The number of anilines is 1. The van der Waals surface area contributed by atoms with E-state index in [2.05, 4.69) is 19.1 Å². The molecule has 0 unspecified atom stereocenters. The highest BCUT2D eigenvalue weighted by atomic mass is 32.2. The lowest BCUT2D eigenvalue weighted by atomic mass is 10.1. The SMILES string of the molecule is CS(=O)(=O)OC[C@H]1O[C@@H](n2cnc3c(=O)[nH]c(N)nc32)[C@H](O)[C@@H]1O. The van der Waals surface area contributed by atoms with E-state index >= 15 is 0 Å². The number of aliphatic hydroxyl groups is 2. The largest absolute Gasteiger partial charge is 0.387 e. The molecule has 4 atom stereocenters. The number of imidazole rings is 1. The molecule has 1 saturated heterocycles. The average molecular weight is 361 g/mol. The van der Waals surface area contributed by atoms with Gasteiger partial charge in [0, 0.05) is 0 Å². The third-order valence-electron chi connectivity index (χ3n) is 3.51. The Morgan fingerprint density at radius 1 is 1.46 bits per heavy atom. The van der Waals surface area contributed by atoms with Gasteiger partial charge < -0.3 is 20.7 Å². The van der Waals surface area contributed by atoms with Crippen molar-refractivity contribution in [2.75, 3.05) is 18.6 Å². The molecule has 0 amide bonds.